The second-order valence-electron chi connectivity index (χ2n) is 4.81. The predicted molar refractivity (Wildman–Crippen MR) is 68.0 cm³/mol. The van der Waals surface area contributed by atoms with Gasteiger partial charge in [-0.3, -0.25) is 5.10 Å². The van der Waals surface area contributed by atoms with E-state index in [1.54, 1.807) is 7.11 Å². The average molecular weight is 237 g/mol. The van der Waals surface area contributed by atoms with Crippen LogP contribution in [0.3, 0.4) is 0 Å². The number of H-pyrrole nitrogens is 1. The normalized spacial score (nSPS) is 17.5. The summed E-state index contributed by atoms with van der Waals surface area (Å²) < 4.78 is 5.02. The Bertz CT molecular complexity index is 318. The van der Waals surface area contributed by atoms with Crippen LogP contribution in [0.4, 0.5) is 0 Å². The zero-order chi connectivity index (χ0) is 11.9. The smallest absolute Gasteiger partial charge is 0.0587 e. The van der Waals surface area contributed by atoms with Gasteiger partial charge in [0.25, 0.3) is 0 Å². The molecule has 1 aromatic rings. The van der Waals surface area contributed by atoms with Gasteiger partial charge in [0.05, 0.1) is 12.8 Å². The Labute approximate surface area is 103 Å². The van der Waals surface area contributed by atoms with Crippen LogP contribution >= 0.6 is 0 Å². The average Bonchev–Trinajstić information content (AvgIpc) is 2.84. The number of ether oxygens (including phenoxy) is 1. The maximum absolute atomic E-state index is 5.02. The van der Waals surface area contributed by atoms with Crippen LogP contribution in [-0.4, -0.2) is 30.5 Å². The summed E-state index contributed by atoms with van der Waals surface area (Å²) >= 11 is 0. The van der Waals surface area contributed by atoms with Crippen LogP contribution in [0.1, 0.15) is 49.3 Å². The third kappa shape index (κ3) is 3.54. The van der Waals surface area contributed by atoms with Gasteiger partial charge in [0.2, 0.25) is 0 Å². The highest BCUT2D eigenvalue weighted by Gasteiger charge is 2.19. The molecule has 4 heteroatoms. The van der Waals surface area contributed by atoms with Gasteiger partial charge in [0, 0.05) is 37.4 Å². The second-order valence-corrected chi connectivity index (χ2v) is 4.81. The summed E-state index contributed by atoms with van der Waals surface area (Å²) in [5, 5.41) is 10.8. The fourth-order valence-corrected chi connectivity index (χ4v) is 2.60. The summed E-state index contributed by atoms with van der Waals surface area (Å²) in [6.45, 7) is 2.55. The van der Waals surface area contributed by atoms with Gasteiger partial charge in [-0.25, -0.2) is 0 Å². The lowest BCUT2D eigenvalue weighted by molar-refractivity contribution is 0.199. The Morgan fingerprint density at radius 1 is 1.41 bits per heavy atom. The van der Waals surface area contributed by atoms with Gasteiger partial charge in [-0.1, -0.05) is 19.3 Å². The molecule has 1 heterocycles. The van der Waals surface area contributed by atoms with Gasteiger partial charge in [-0.05, 0) is 12.8 Å². The minimum atomic E-state index is 0.700. The molecule has 0 saturated heterocycles. The van der Waals surface area contributed by atoms with E-state index in [2.05, 4.69) is 15.5 Å². The standard InChI is InChI=1S/C13H23N3O/c1-17-8-7-14-9-12-10-15-16-13(12)11-5-3-2-4-6-11/h10-11,14H,2-9H2,1H3,(H,15,16). The number of nitrogens with zero attached hydrogens (tertiary/aromatic N) is 1. The predicted octanol–water partition coefficient (Wildman–Crippen LogP) is 2.19. The van der Waals surface area contributed by atoms with Gasteiger partial charge in [-0.2, -0.15) is 5.10 Å². The molecule has 1 fully saturated rings. The molecule has 4 nitrogen and oxygen atoms in total. The highest BCUT2D eigenvalue weighted by molar-refractivity contribution is 5.20. The highest BCUT2D eigenvalue weighted by atomic mass is 16.5. The topological polar surface area (TPSA) is 49.9 Å². The molecule has 1 saturated carbocycles. The first-order valence-corrected chi connectivity index (χ1v) is 6.63. The molecule has 2 rings (SSSR count). The zero-order valence-electron chi connectivity index (χ0n) is 10.7. The Balaban J connectivity index is 1.87. The fourth-order valence-electron chi connectivity index (χ4n) is 2.60. The Morgan fingerprint density at radius 3 is 3.00 bits per heavy atom. The van der Waals surface area contributed by atoms with Crippen molar-refractivity contribution in [1.29, 1.82) is 0 Å². The molecule has 0 aliphatic heterocycles. The van der Waals surface area contributed by atoms with Crippen LogP contribution in [0.25, 0.3) is 0 Å². The number of hydrogen-bond acceptors (Lipinski definition) is 3. The minimum absolute atomic E-state index is 0.700. The SMILES string of the molecule is COCCNCc1cn[nH]c1C1CCCCC1. The number of hydrogen-bond donors (Lipinski definition) is 2. The lowest BCUT2D eigenvalue weighted by Crippen LogP contribution is -2.19. The summed E-state index contributed by atoms with van der Waals surface area (Å²) in [5.74, 6) is 0.700. The largest absolute Gasteiger partial charge is 0.383 e. The number of rotatable bonds is 6. The highest BCUT2D eigenvalue weighted by Crippen LogP contribution is 2.32. The summed E-state index contributed by atoms with van der Waals surface area (Å²) in [6.07, 6.45) is 8.71. The Hall–Kier alpha value is -0.870. The van der Waals surface area contributed by atoms with Crippen molar-refractivity contribution in [2.75, 3.05) is 20.3 Å². The van der Waals surface area contributed by atoms with E-state index in [1.807, 2.05) is 6.20 Å². The fraction of sp³-hybridized carbons (Fsp3) is 0.769. The molecule has 0 radical (unpaired) electrons. The molecule has 0 spiro atoms. The molecule has 1 aliphatic rings. The molecule has 0 amide bonds. The van der Waals surface area contributed by atoms with E-state index >= 15 is 0 Å². The van der Waals surface area contributed by atoms with Crippen molar-refractivity contribution in [3.8, 4) is 0 Å². The van der Waals surface area contributed by atoms with E-state index in [4.69, 9.17) is 4.74 Å². The maximum atomic E-state index is 5.02. The first-order valence-electron chi connectivity index (χ1n) is 6.63. The molecule has 0 bridgehead atoms. The van der Waals surface area contributed by atoms with E-state index < -0.39 is 0 Å². The van der Waals surface area contributed by atoms with Crippen molar-refractivity contribution in [2.45, 2.75) is 44.6 Å². The summed E-state index contributed by atoms with van der Waals surface area (Å²) in [7, 11) is 1.73. The molecular weight excluding hydrogens is 214 g/mol. The zero-order valence-corrected chi connectivity index (χ0v) is 10.7. The van der Waals surface area contributed by atoms with Crippen molar-refractivity contribution in [1.82, 2.24) is 15.5 Å². The van der Waals surface area contributed by atoms with Crippen LogP contribution in [0, 0.1) is 0 Å². The van der Waals surface area contributed by atoms with E-state index in [9.17, 15) is 0 Å². The summed E-state index contributed by atoms with van der Waals surface area (Å²) in [6, 6.07) is 0. The molecule has 2 N–H and O–H groups in total. The van der Waals surface area contributed by atoms with E-state index in [1.165, 1.54) is 43.4 Å². The number of methoxy groups -OCH3 is 1. The summed E-state index contributed by atoms with van der Waals surface area (Å²) in [4.78, 5) is 0. The van der Waals surface area contributed by atoms with Crippen molar-refractivity contribution < 1.29 is 4.74 Å². The van der Waals surface area contributed by atoms with Crippen LogP contribution in [0.15, 0.2) is 6.20 Å². The third-order valence-corrected chi connectivity index (χ3v) is 3.56. The lowest BCUT2D eigenvalue weighted by atomic mass is 9.85. The maximum Gasteiger partial charge on any atom is 0.0587 e. The van der Waals surface area contributed by atoms with Gasteiger partial charge in [0.15, 0.2) is 0 Å². The molecule has 96 valence electrons. The van der Waals surface area contributed by atoms with Crippen LogP contribution < -0.4 is 5.32 Å². The van der Waals surface area contributed by atoms with Crippen LogP contribution in [0.5, 0.6) is 0 Å². The van der Waals surface area contributed by atoms with Gasteiger partial charge >= 0.3 is 0 Å². The van der Waals surface area contributed by atoms with Crippen molar-refractivity contribution in [2.24, 2.45) is 0 Å². The Morgan fingerprint density at radius 2 is 2.24 bits per heavy atom. The van der Waals surface area contributed by atoms with E-state index in [-0.39, 0.29) is 0 Å². The van der Waals surface area contributed by atoms with Crippen molar-refractivity contribution >= 4 is 0 Å². The lowest BCUT2D eigenvalue weighted by Gasteiger charge is -2.21. The van der Waals surface area contributed by atoms with Gasteiger partial charge < -0.3 is 10.1 Å². The van der Waals surface area contributed by atoms with Crippen molar-refractivity contribution in [3.63, 3.8) is 0 Å². The minimum Gasteiger partial charge on any atom is -0.383 e. The van der Waals surface area contributed by atoms with Crippen molar-refractivity contribution in [3.05, 3.63) is 17.5 Å². The molecule has 0 unspecified atom stereocenters. The molecule has 1 aromatic heterocycles. The molecule has 0 aromatic carbocycles. The van der Waals surface area contributed by atoms with Crippen LogP contribution in [0.2, 0.25) is 0 Å². The first kappa shape index (κ1) is 12.6. The quantitative estimate of drug-likeness (QED) is 0.746. The first-order chi connectivity index (χ1) is 8.42. The van der Waals surface area contributed by atoms with Crippen LogP contribution in [-0.2, 0) is 11.3 Å². The van der Waals surface area contributed by atoms with E-state index in [0.29, 0.717) is 5.92 Å². The molecular formula is C13H23N3O. The number of aromatic amines is 1. The summed E-state index contributed by atoms with van der Waals surface area (Å²) in [5.41, 5.74) is 2.68. The monoisotopic (exact) mass is 237 g/mol. The molecule has 0 atom stereocenters. The third-order valence-electron chi connectivity index (χ3n) is 3.56. The van der Waals surface area contributed by atoms with Gasteiger partial charge in [0.1, 0.15) is 0 Å². The van der Waals surface area contributed by atoms with Gasteiger partial charge in [-0.15, -0.1) is 0 Å². The Kier molecular flexibility index (Phi) is 5.01. The number of nitrogens with one attached hydrogen (secondary N) is 2. The second kappa shape index (κ2) is 6.77. The molecule has 1 aliphatic carbocycles. The van der Waals surface area contributed by atoms with E-state index in [0.717, 1.165) is 19.7 Å². The molecule has 17 heavy (non-hydrogen) atoms. The number of aromatic nitrogens is 2.